The summed E-state index contributed by atoms with van der Waals surface area (Å²) in [7, 11) is 0. The van der Waals surface area contributed by atoms with Gasteiger partial charge in [-0.1, -0.05) is 13.8 Å². The van der Waals surface area contributed by atoms with Gasteiger partial charge < -0.3 is 10.2 Å². The van der Waals surface area contributed by atoms with Gasteiger partial charge in [-0.15, -0.1) is 0 Å². The Bertz CT molecular complexity index is 607. The van der Waals surface area contributed by atoms with E-state index in [-0.39, 0.29) is 17.7 Å². The number of aryl methyl sites for hydroxylation is 2. The van der Waals surface area contributed by atoms with Crippen molar-refractivity contribution in [3.8, 4) is 0 Å². The van der Waals surface area contributed by atoms with Gasteiger partial charge in [0, 0.05) is 48.9 Å². The highest BCUT2D eigenvalue weighted by Crippen LogP contribution is 2.26. The van der Waals surface area contributed by atoms with E-state index in [0.717, 1.165) is 48.6 Å². The molecule has 1 saturated heterocycles. The van der Waals surface area contributed by atoms with Crippen molar-refractivity contribution in [1.82, 2.24) is 20.2 Å². The van der Waals surface area contributed by atoms with Crippen LogP contribution in [-0.4, -0.2) is 46.3 Å². The van der Waals surface area contributed by atoms with Crippen LogP contribution in [0.5, 0.6) is 0 Å². The molecule has 0 saturated carbocycles. The van der Waals surface area contributed by atoms with Crippen LogP contribution in [0.1, 0.15) is 68.2 Å². The summed E-state index contributed by atoms with van der Waals surface area (Å²) in [6.07, 6.45) is 3.64. The van der Waals surface area contributed by atoms with Gasteiger partial charge in [0.15, 0.2) is 0 Å². The van der Waals surface area contributed by atoms with Crippen molar-refractivity contribution in [1.29, 1.82) is 0 Å². The van der Waals surface area contributed by atoms with E-state index < -0.39 is 0 Å². The zero-order chi connectivity index (χ0) is 18.4. The number of amides is 2. The second-order valence-electron chi connectivity index (χ2n) is 6.83. The van der Waals surface area contributed by atoms with Crippen LogP contribution >= 0.6 is 0 Å². The Morgan fingerprint density at radius 1 is 1.16 bits per heavy atom. The summed E-state index contributed by atoms with van der Waals surface area (Å²) in [4.78, 5) is 35.3. The highest BCUT2D eigenvalue weighted by atomic mass is 16.2. The molecule has 2 rings (SSSR count). The first-order chi connectivity index (χ1) is 12.0. The number of carbonyl (C=O) groups is 2. The maximum atomic E-state index is 12.1. The van der Waals surface area contributed by atoms with E-state index in [9.17, 15) is 9.59 Å². The molecule has 1 atom stereocenters. The predicted octanol–water partition coefficient (Wildman–Crippen LogP) is 2.28. The maximum Gasteiger partial charge on any atom is 0.224 e. The zero-order valence-corrected chi connectivity index (χ0v) is 15.9. The Morgan fingerprint density at radius 3 is 2.44 bits per heavy atom. The number of nitrogens with zero attached hydrogens (tertiary/aromatic N) is 3. The van der Waals surface area contributed by atoms with Crippen molar-refractivity contribution in [3.05, 3.63) is 22.8 Å². The molecule has 25 heavy (non-hydrogen) atoms. The molecular weight excluding hydrogens is 316 g/mol. The molecule has 0 radical (unpaired) electrons. The van der Waals surface area contributed by atoms with Crippen LogP contribution in [0.2, 0.25) is 0 Å². The Labute approximate surface area is 150 Å². The van der Waals surface area contributed by atoms with Gasteiger partial charge in [0.25, 0.3) is 0 Å². The molecule has 0 aromatic carbocycles. The van der Waals surface area contributed by atoms with E-state index >= 15 is 0 Å². The van der Waals surface area contributed by atoms with Gasteiger partial charge in [0.05, 0.1) is 6.42 Å². The summed E-state index contributed by atoms with van der Waals surface area (Å²) in [6.45, 7) is 10.1. The molecule has 0 unspecified atom stereocenters. The molecule has 1 aliphatic rings. The molecule has 0 aliphatic carbocycles. The first kappa shape index (κ1) is 19.3. The molecule has 6 heteroatoms. The van der Waals surface area contributed by atoms with Crippen LogP contribution in [0.15, 0.2) is 0 Å². The van der Waals surface area contributed by atoms with Crippen LogP contribution in [0.25, 0.3) is 0 Å². The van der Waals surface area contributed by atoms with Gasteiger partial charge in [0.2, 0.25) is 11.8 Å². The van der Waals surface area contributed by atoms with Gasteiger partial charge in [0.1, 0.15) is 5.82 Å². The van der Waals surface area contributed by atoms with E-state index in [1.165, 1.54) is 0 Å². The summed E-state index contributed by atoms with van der Waals surface area (Å²) in [6, 6.07) is 0. The number of carbonyl (C=O) groups excluding carboxylic acids is 2. The molecule has 1 aliphatic heterocycles. The highest BCUT2D eigenvalue weighted by molar-refractivity contribution is 5.79. The van der Waals surface area contributed by atoms with Crippen LogP contribution < -0.4 is 5.32 Å². The predicted molar refractivity (Wildman–Crippen MR) is 97.4 cm³/mol. The molecule has 1 N–H and O–H groups in total. The summed E-state index contributed by atoms with van der Waals surface area (Å²) in [5, 5.41) is 2.90. The summed E-state index contributed by atoms with van der Waals surface area (Å²) in [5.74, 6) is 1.24. The third-order valence-corrected chi connectivity index (χ3v) is 4.72. The van der Waals surface area contributed by atoms with Crippen molar-refractivity contribution in [2.24, 2.45) is 0 Å². The average molecular weight is 346 g/mol. The van der Waals surface area contributed by atoms with Crippen molar-refractivity contribution in [2.45, 2.75) is 65.7 Å². The van der Waals surface area contributed by atoms with Crippen LogP contribution in [0.4, 0.5) is 0 Å². The molecule has 6 nitrogen and oxygen atoms in total. The smallest absolute Gasteiger partial charge is 0.224 e. The van der Waals surface area contributed by atoms with E-state index in [1.807, 2.05) is 32.6 Å². The molecule has 138 valence electrons. The Hall–Kier alpha value is -1.98. The number of nitrogens with one attached hydrogen (secondary N) is 1. The van der Waals surface area contributed by atoms with Gasteiger partial charge in [-0.3, -0.25) is 9.59 Å². The minimum atomic E-state index is 0.0154. The summed E-state index contributed by atoms with van der Waals surface area (Å²) >= 11 is 0. The van der Waals surface area contributed by atoms with Gasteiger partial charge in [-0.2, -0.15) is 0 Å². The first-order valence-corrected chi connectivity index (χ1v) is 9.34. The van der Waals surface area contributed by atoms with Gasteiger partial charge >= 0.3 is 0 Å². The largest absolute Gasteiger partial charge is 0.356 e. The van der Waals surface area contributed by atoms with Gasteiger partial charge in [-0.25, -0.2) is 9.97 Å². The number of hydrogen-bond acceptors (Lipinski definition) is 4. The SMILES string of the molecule is CCCNC(=O)Cc1c(C)nc([C@@H]2CCN(C(=O)CCC)C2)nc1C. The summed E-state index contributed by atoms with van der Waals surface area (Å²) in [5.41, 5.74) is 2.65. The number of rotatable bonds is 7. The minimum Gasteiger partial charge on any atom is -0.356 e. The lowest BCUT2D eigenvalue weighted by atomic mass is 10.0. The Kier molecular flexibility index (Phi) is 6.91. The molecule has 0 bridgehead atoms. The quantitative estimate of drug-likeness (QED) is 0.822. The Balaban J connectivity index is 2.07. The Morgan fingerprint density at radius 2 is 1.84 bits per heavy atom. The number of hydrogen-bond donors (Lipinski definition) is 1. The van der Waals surface area contributed by atoms with Crippen molar-refractivity contribution in [3.63, 3.8) is 0 Å². The van der Waals surface area contributed by atoms with Crippen molar-refractivity contribution < 1.29 is 9.59 Å². The lowest BCUT2D eigenvalue weighted by molar-refractivity contribution is -0.130. The van der Waals surface area contributed by atoms with E-state index in [2.05, 4.69) is 15.3 Å². The average Bonchev–Trinajstić information content (AvgIpc) is 3.06. The normalized spacial score (nSPS) is 17.0. The first-order valence-electron chi connectivity index (χ1n) is 9.34. The molecule has 1 aromatic heterocycles. The van der Waals surface area contributed by atoms with E-state index in [1.54, 1.807) is 0 Å². The summed E-state index contributed by atoms with van der Waals surface area (Å²) < 4.78 is 0. The van der Waals surface area contributed by atoms with E-state index in [4.69, 9.17) is 0 Å². The third kappa shape index (κ3) is 5.00. The third-order valence-electron chi connectivity index (χ3n) is 4.72. The second-order valence-corrected chi connectivity index (χ2v) is 6.83. The molecule has 1 aromatic rings. The lowest BCUT2D eigenvalue weighted by Crippen LogP contribution is -2.28. The zero-order valence-electron chi connectivity index (χ0n) is 15.9. The maximum absolute atomic E-state index is 12.1. The fourth-order valence-corrected chi connectivity index (χ4v) is 3.26. The van der Waals surface area contributed by atoms with Crippen molar-refractivity contribution in [2.75, 3.05) is 19.6 Å². The second kappa shape index (κ2) is 8.92. The molecular formula is C19H30N4O2. The highest BCUT2D eigenvalue weighted by Gasteiger charge is 2.29. The van der Waals surface area contributed by atoms with Crippen LogP contribution in [0, 0.1) is 13.8 Å². The molecule has 1 fully saturated rings. The fourth-order valence-electron chi connectivity index (χ4n) is 3.26. The molecule has 2 heterocycles. The molecule has 2 amide bonds. The minimum absolute atomic E-state index is 0.0154. The molecule has 0 spiro atoms. The topological polar surface area (TPSA) is 75.2 Å². The van der Waals surface area contributed by atoms with Gasteiger partial charge in [-0.05, 0) is 33.1 Å². The van der Waals surface area contributed by atoms with E-state index in [0.29, 0.717) is 25.9 Å². The monoisotopic (exact) mass is 346 g/mol. The van der Waals surface area contributed by atoms with Crippen LogP contribution in [-0.2, 0) is 16.0 Å². The lowest BCUT2D eigenvalue weighted by Gasteiger charge is -2.17. The van der Waals surface area contributed by atoms with Crippen LogP contribution in [0.3, 0.4) is 0 Å². The van der Waals surface area contributed by atoms with Crippen molar-refractivity contribution >= 4 is 11.8 Å². The fraction of sp³-hybridized carbons (Fsp3) is 0.684. The standard InChI is InChI=1S/C19H30N4O2/c1-5-7-18(25)23-10-8-15(12-23)19-21-13(3)16(14(4)22-19)11-17(24)20-9-6-2/h15H,5-12H2,1-4H3,(H,20,24)/t15-/m1/s1. The number of aromatic nitrogens is 2. The number of likely N-dealkylation sites (tertiary alicyclic amines) is 1.